The van der Waals surface area contributed by atoms with Crippen molar-refractivity contribution in [3.05, 3.63) is 23.7 Å². The maximum absolute atomic E-state index is 11.7. The molecule has 0 aromatic rings. The molecule has 0 spiro atoms. The van der Waals surface area contributed by atoms with Crippen molar-refractivity contribution in [2.24, 2.45) is 5.10 Å². The summed E-state index contributed by atoms with van der Waals surface area (Å²) >= 11 is 0. The van der Waals surface area contributed by atoms with Gasteiger partial charge in [0.2, 0.25) is 0 Å². The van der Waals surface area contributed by atoms with Gasteiger partial charge >= 0.3 is 18.3 Å². The minimum absolute atomic E-state index is 0.115. The van der Waals surface area contributed by atoms with Crippen LogP contribution in [0.3, 0.4) is 0 Å². The molecule has 2 N–H and O–H groups in total. The van der Waals surface area contributed by atoms with Crippen LogP contribution < -0.4 is 10.6 Å². The van der Waals surface area contributed by atoms with E-state index < -0.39 is 18.3 Å². The molecule has 0 atom stereocenters. The molecule has 0 radical (unpaired) electrons. The fraction of sp³-hybridized carbons (Fsp3) is 0.429. The standard InChI is InChI=1S/C14H20N4O6/c1-4-22-12(19)16-10-7-8-18(14(21)24-6-3)15-9-11(10)17-13(20)23-5-2/h7-9H,4-6H2,1-3H3,(H,16,19)(H,17,20). The van der Waals surface area contributed by atoms with Crippen molar-refractivity contribution in [2.45, 2.75) is 20.8 Å². The molecular formula is C14H20N4O6. The van der Waals surface area contributed by atoms with E-state index in [2.05, 4.69) is 15.7 Å². The lowest BCUT2D eigenvalue weighted by Gasteiger charge is -2.10. The molecule has 10 heteroatoms. The van der Waals surface area contributed by atoms with Crippen LogP contribution in [-0.4, -0.2) is 49.3 Å². The van der Waals surface area contributed by atoms with Gasteiger partial charge in [0.1, 0.15) is 0 Å². The van der Waals surface area contributed by atoms with E-state index in [1.54, 1.807) is 20.8 Å². The molecule has 3 amide bonds. The average Bonchev–Trinajstić information content (AvgIpc) is 2.71. The van der Waals surface area contributed by atoms with Gasteiger partial charge < -0.3 is 14.2 Å². The number of carbonyl (C=O) groups is 3. The maximum Gasteiger partial charge on any atom is 0.434 e. The first-order valence-corrected chi connectivity index (χ1v) is 7.31. The van der Waals surface area contributed by atoms with Gasteiger partial charge in [-0.15, -0.1) is 0 Å². The van der Waals surface area contributed by atoms with Crippen LogP contribution in [0.15, 0.2) is 28.8 Å². The van der Waals surface area contributed by atoms with Crippen LogP contribution in [0.1, 0.15) is 20.8 Å². The molecule has 0 saturated carbocycles. The minimum Gasteiger partial charge on any atom is -0.450 e. The first-order chi connectivity index (χ1) is 11.5. The van der Waals surface area contributed by atoms with E-state index in [9.17, 15) is 14.4 Å². The number of nitrogens with zero attached hydrogens (tertiary/aromatic N) is 2. The fourth-order valence-corrected chi connectivity index (χ4v) is 1.52. The Morgan fingerprint density at radius 3 is 2.04 bits per heavy atom. The molecule has 1 aliphatic rings. The van der Waals surface area contributed by atoms with Gasteiger partial charge in [-0.2, -0.15) is 10.1 Å². The Hall–Kier alpha value is -3.04. The van der Waals surface area contributed by atoms with Crippen molar-refractivity contribution in [2.75, 3.05) is 19.8 Å². The summed E-state index contributed by atoms with van der Waals surface area (Å²) in [5.41, 5.74) is 0.279. The van der Waals surface area contributed by atoms with Crippen molar-refractivity contribution in [3.63, 3.8) is 0 Å². The number of alkyl carbamates (subject to hydrolysis) is 2. The van der Waals surface area contributed by atoms with Crippen molar-refractivity contribution in [3.8, 4) is 0 Å². The molecule has 1 heterocycles. The smallest absolute Gasteiger partial charge is 0.434 e. The summed E-state index contributed by atoms with van der Waals surface area (Å²) in [5, 5.41) is 9.64. The van der Waals surface area contributed by atoms with Crippen LogP contribution in [0.4, 0.5) is 14.4 Å². The fourth-order valence-electron chi connectivity index (χ4n) is 1.52. The van der Waals surface area contributed by atoms with Crippen LogP contribution in [-0.2, 0) is 14.2 Å². The first-order valence-electron chi connectivity index (χ1n) is 7.31. The lowest BCUT2D eigenvalue weighted by molar-refractivity contribution is 0.123. The van der Waals surface area contributed by atoms with Gasteiger partial charge in [0.25, 0.3) is 0 Å². The van der Waals surface area contributed by atoms with Gasteiger partial charge in [0.15, 0.2) is 0 Å². The third-order valence-corrected chi connectivity index (χ3v) is 2.46. The van der Waals surface area contributed by atoms with Crippen LogP contribution in [0, 0.1) is 0 Å². The molecule has 1 aliphatic heterocycles. The van der Waals surface area contributed by atoms with Gasteiger partial charge in [-0.05, 0) is 26.8 Å². The lowest BCUT2D eigenvalue weighted by atomic mass is 10.3. The third-order valence-electron chi connectivity index (χ3n) is 2.46. The van der Waals surface area contributed by atoms with E-state index in [-0.39, 0.29) is 31.2 Å². The van der Waals surface area contributed by atoms with Gasteiger partial charge in [0.05, 0.1) is 37.4 Å². The molecule has 1 rings (SSSR count). The second-order valence-corrected chi connectivity index (χ2v) is 4.12. The Labute approximate surface area is 139 Å². The van der Waals surface area contributed by atoms with E-state index in [0.717, 1.165) is 5.01 Å². The zero-order chi connectivity index (χ0) is 17.9. The topological polar surface area (TPSA) is 119 Å². The van der Waals surface area contributed by atoms with Crippen LogP contribution in [0.5, 0.6) is 0 Å². The van der Waals surface area contributed by atoms with Crippen molar-refractivity contribution < 1.29 is 28.6 Å². The summed E-state index contributed by atoms with van der Waals surface area (Å²) in [6, 6.07) is 0. The monoisotopic (exact) mass is 340 g/mol. The largest absolute Gasteiger partial charge is 0.450 e. The molecule has 0 aromatic heterocycles. The third kappa shape index (κ3) is 5.99. The molecule has 10 nitrogen and oxygen atoms in total. The van der Waals surface area contributed by atoms with E-state index in [0.29, 0.717) is 0 Å². The predicted octanol–water partition coefficient (Wildman–Crippen LogP) is 1.66. The summed E-state index contributed by atoms with van der Waals surface area (Å²) in [6.45, 7) is 5.47. The molecule has 24 heavy (non-hydrogen) atoms. The number of carbonyl (C=O) groups excluding carboxylic acids is 3. The molecule has 0 aromatic carbocycles. The summed E-state index contributed by atoms with van der Waals surface area (Å²) in [4.78, 5) is 34.9. The maximum atomic E-state index is 11.7. The Morgan fingerprint density at radius 1 is 0.958 bits per heavy atom. The highest BCUT2D eigenvalue weighted by atomic mass is 16.6. The molecule has 0 aliphatic carbocycles. The number of nitrogens with one attached hydrogen (secondary N) is 2. The quantitative estimate of drug-likeness (QED) is 0.735. The summed E-state index contributed by atoms with van der Waals surface area (Å²) < 4.78 is 14.4. The van der Waals surface area contributed by atoms with E-state index in [1.165, 1.54) is 18.5 Å². The summed E-state index contributed by atoms with van der Waals surface area (Å²) in [5.74, 6) is 0. The van der Waals surface area contributed by atoms with Crippen molar-refractivity contribution >= 4 is 24.5 Å². The van der Waals surface area contributed by atoms with Gasteiger partial charge in [-0.25, -0.2) is 14.4 Å². The number of hydrazone groups is 1. The first kappa shape index (κ1) is 19.0. The SMILES string of the molecule is CCOC(=O)NC1=C(NC(=O)OCC)C=NN(C(=O)OCC)C=C1. The number of rotatable bonds is 5. The Bertz CT molecular complexity index is 530. The summed E-state index contributed by atoms with van der Waals surface area (Å²) in [7, 11) is 0. The number of ether oxygens (including phenoxy) is 3. The molecule has 0 saturated heterocycles. The average molecular weight is 340 g/mol. The van der Waals surface area contributed by atoms with E-state index in [4.69, 9.17) is 14.2 Å². The Morgan fingerprint density at radius 2 is 1.50 bits per heavy atom. The van der Waals surface area contributed by atoms with Gasteiger partial charge in [-0.3, -0.25) is 10.6 Å². The normalized spacial score (nSPS) is 13.2. The number of amides is 3. The Balaban J connectivity index is 3.00. The predicted molar refractivity (Wildman–Crippen MR) is 83.8 cm³/mol. The number of hydrogen-bond acceptors (Lipinski definition) is 7. The summed E-state index contributed by atoms with van der Waals surface area (Å²) in [6.07, 6.45) is 1.64. The van der Waals surface area contributed by atoms with E-state index >= 15 is 0 Å². The molecular weight excluding hydrogens is 320 g/mol. The zero-order valence-electron chi connectivity index (χ0n) is 13.7. The molecule has 0 unspecified atom stereocenters. The highest BCUT2D eigenvalue weighted by Crippen LogP contribution is 2.08. The van der Waals surface area contributed by atoms with Crippen molar-refractivity contribution in [1.29, 1.82) is 0 Å². The van der Waals surface area contributed by atoms with Crippen LogP contribution >= 0.6 is 0 Å². The zero-order valence-corrected chi connectivity index (χ0v) is 13.7. The van der Waals surface area contributed by atoms with Gasteiger partial charge in [0, 0.05) is 6.20 Å². The Kier molecular flexibility index (Phi) is 7.82. The lowest BCUT2D eigenvalue weighted by Crippen LogP contribution is -2.31. The van der Waals surface area contributed by atoms with Crippen molar-refractivity contribution in [1.82, 2.24) is 15.6 Å². The molecule has 0 bridgehead atoms. The second kappa shape index (κ2) is 9.87. The molecule has 132 valence electrons. The van der Waals surface area contributed by atoms with Crippen LogP contribution in [0.2, 0.25) is 0 Å². The highest BCUT2D eigenvalue weighted by molar-refractivity contribution is 5.88. The second-order valence-electron chi connectivity index (χ2n) is 4.12. The van der Waals surface area contributed by atoms with Crippen LogP contribution in [0.25, 0.3) is 0 Å². The number of hydrogen-bond donors (Lipinski definition) is 2. The number of allylic oxidation sites excluding steroid dienone is 2. The highest BCUT2D eigenvalue weighted by Gasteiger charge is 2.17. The van der Waals surface area contributed by atoms with E-state index in [1.807, 2.05) is 0 Å². The minimum atomic E-state index is -0.736. The van der Waals surface area contributed by atoms with Gasteiger partial charge in [-0.1, -0.05) is 0 Å². The molecule has 0 fully saturated rings.